The normalized spacial score (nSPS) is 32.9. The van der Waals surface area contributed by atoms with Crippen LogP contribution in [0.5, 0.6) is 0 Å². The molecule has 0 aliphatic heterocycles. The van der Waals surface area contributed by atoms with Gasteiger partial charge in [0.1, 0.15) is 5.76 Å². The van der Waals surface area contributed by atoms with Crippen LogP contribution in [0.15, 0.2) is 4.42 Å². The van der Waals surface area contributed by atoms with Crippen LogP contribution in [-0.2, 0) is 11.3 Å². The Labute approximate surface area is 112 Å². The fraction of sp³-hybridized carbons (Fsp3) is 0.714. The molecule has 2 fully saturated rings. The topological polar surface area (TPSA) is 75.4 Å². The average molecular weight is 264 g/mol. The monoisotopic (exact) mass is 264 g/mol. The first kappa shape index (κ1) is 12.7. The molecule has 0 spiro atoms. The van der Waals surface area contributed by atoms with Gasteiger partial charge >= 0.3 is 5.97 Å². The lowest BCUT2D eigenvalue weighted by atomic mass is 9.84. The minimum absolute atomic E-state index is 0.0729. The van der Waals surface area contributed by atoms with E-state index in [1.165, 1.54) is 0 Å². The van der Waals surface area contributed by atoms with Crippen molar-refractivity contribution in [1.29, 1.82) is 0 Å². The van der Waals surface area contributed by atoms with E-state index in [9.17, 15) is 9.90 Å². The Morgan fingerprint density at radius 2 is 2.16 bits per heavy atom. The molecule has 0 radical (unpaired) electrons. The smallest absolute Gasteiger partial charge is 0.308 e. The molecule has 1 aromatic rings. The Balaban J connectivity index is 1.67. The third-order valence-electron chi connectivity index (χ3n) is 4.76. The highest BCUT2D eigenvalue weighted by atomic mass is 16.4. The molecule has 3 rings (SSSR count). The van der Waals surface area contributed by atoms with Gasteiger partial charge in [0.05, 0.1) is 18.2 Å². The summed E-state index contributed by atoms with van der Waals surface area (Å²) >= 11 is 0. The first-order valence-corrected chi connectivity index (χ1v) is 6.95. The molecular formula is C14H20N2O3. The number of fused-ring (bicyclic) bond motifs is 2. The van der Waals surface area contributed by atoms with Crippen molar-refractivity contribution in [2.24, 2.45) is 17.8 Å². The molecule has 5 heteroatoms. The molecule has 2 aliphatic carbocycles. The summed E-state index contributed by atoms with van der Waals surface area (Å²) in [5.41, 5.74) is 0.902. The van der Waals surface area contributed by atoms with Gasteiger partial charge in [-0.25, -0.2) is 4.98 Å². The maximum atomic E-state index is 11.4. The molecule has 19 heavy (non-hydrogen) atoms. The zero-order valence-corrected chi connectivity index (χ0v) is 11.3. The lowest BCUT2D eigenvalue weighted by Crippen LogP contribution is -2.43. The van der Waals surface area contributed by atoms with E-state index in [0.29, 0.717) is 24.3 Å². The van der Waals surface area contributed by atoms with Crippen LogP contribution in [0.4, 0.5) is 0 Å². The first-order valence-electron chi connectivity index (χ1n) is 6.95. The predicted octanol–water partition coefficient (Wildman–Crippen LogP) is 1.88. The van der Waals surface area contributed by atoms with Crippen molar-refractivity contribution >= 4 is 5.97 Å². The maximum Gasteiger partial charge on any atom is 0.308 e. The van der Waals surface area contributed by atoms with Crippen molar-refractivity contribution in [3.05, 3.63) is 17.3 Å². The lowest BCUT2D eigenvalue weighted by molar-refractivity contribution is -0.144. The van der Waals surface area contributed by atoms with Gasteiger partial charge in [-0.1, -0.05) is 0 Å². The van der Waals surface area contributed by atoms with Crippen molar-refractivity contribution in [2.75, 3.05) is 0 Å². The number of carboxylic acids is 1. The van der Waals surface area contributed by atoms with Gasteiger partial charge in [0.25, 0.3) is 0 Å². The van der Waals surface area contributed by atoms with E-state index in [2.05, 4.69) is 10.3 Å². The van der Waals surface area contributed by atoms with E-state index >= 15 is 0 Å². The second kappa shape index (κ2) is 4.63. The minimum atomic E-state index is -0.663. The number of carbonyl (C=O) groups is 1. The van der Waals surface area contributed by atoms with Gasteiger partial charge in [0, 0.05) is 6.04 Å². The molecule has 0 aromatic carbocycles. The van der Waals surface area contributed by atoms with Crippen molar-refractivity contribution in [2.45, 2.75) is 45.7 Å². The number of nitrogens with zero attached hydrogens (tertiary/aromatic N) is 1. The van der Waals surface area contributed by atoms with Crippen molar-refractivity contribution in [3.8, 4) is 0 Å². The van der Waals surface area contributed by atoms with E-state index in [-0.39, 0.29) is 12.0 Å². The molecule has 0 amide bonds. The fourth-order valence-electron chi connectivity index (χ4n) is 3.76. The van der Waals surface area contributed by atoms with Gasteiger partial charge in [-0.05, 0) is 44.9 Å². The van der Waals surface area contributed by atoms with Gasteiger partial charge in [-0.15, -0.1) is 0 Å². The zero-order chi connectivity index (χ0) is 13.6. The van der Waals surface area contributed by atoms with Crippen LogP contribution in [0.3, 0.4) is 0 Å². The molecule has 2 aliphatic rings. The quantitative estimate of drug-likeness (QED) is 0.868. The summed E-state index contributed by atoms with van der Waals surface area (Å²) in [4.78, 5) is 15.7. The number of hydrogen-bond acceptors (Lipinski definition) is 4. The van der Waals surface area contributed by atoms with E-state index in [4.69, 9.17) is 4.42 Å². The highest BCUT2D eigenvalue weighted by Crippen LogP contribution is 2.48. The van der Waals surface area contributed by atoms with Crippen LogP contribution in [0.2, 0.25) is 0 Å². The number of nitrogens with one attached hydrogen (secondary N) is 1. The minimum Gasteiger partial charge on any atom is -0.481 e. The van der Waals surface area contributed by atoms with Gasteiger partial charge in [-0.2, -0.15) is 0 Å². The number of aliphatic carboxylic acids is 1. The molecule has 2 saturated carbocycles. The first-order chi connectivity index (χ1) is 9.06. The molecule has 4 unspecified atom stereocenters. The second-order valence-electron chi connectivity index (χ2n) is 5.85. The van der Waals surface area contributed by atoms with Crippen LogP contribution >= 0.6 is 0 Å². The highest BCUT2D eigenvalue weighted by molar-refractivity contribution is 5.72. The lowest BCUT2D eigenvalue weighted by Gasteiger charge is -2.28. The number of hydrogen-bond donors (Lipinski definition) is 2. The van der Waals surface area contributed by atoms with E-state index in [1.807, 2.05) is 13.8 Å². The van der Waals surface area contributed by atoms with Gasteiger partial charge in [0.15, 0.2) is 0 Å². The fourth-order valence-corrected chi connectivity index (χ4v) is 3.76. The zero-order valence-electron chi connectivity index (χ0n) is 11.3. The summed E-state index contributed by atoms with van der Waals surface area (Å²) < 4.78 is 5.53. The molecule has 1 heterocycles. The summed E-state index contributed by atoms with van der Waals surface area (Å²) in [6.07, 6.45) is 3.27. The van der Waals surface area contributed by atoms with Crippen LogP contribution in [-0.4, -0.2) is 22.1 Å². The second-order valence-corrected chi connectivity index (χ2v) is 5.85. The van der Waals surface area contributed by atoms with Crippen LogP contribution in [0, 0.1) is 31.6 Å². The van der Waals surface area contributed by atoms with Crippen molar-refractivity contribution in [1.82, 2.24) is 10.3 Å². The third-order valence-corrected chi connectivity index (χ3v) is 4.76. The van der Waals surface area contributed by atoms with Crippen LogP contribution in [0.1, 0.15) is 36.6 Å². The van der Waals surface area contributed by atoms with Gasteiger partial charge < -0.3 is 14.8 Å². The predicted molar refractivity (Wildman–Crippen MR) is 68.6 cm³/mol. The standard InChI is InChI=1S/C14H20N2O3/c1-7-8(2)19-11(16-7)6-15-13-10-4-3-9(5-10)12(13)14(17)18/h9-10,12-13,15H,3-6H2,1-2H3,(H,17,18). The van der Waals surface area contributed by atoms with Crippen LogP contribution < -0.4 is 5.32 Å². The summed E-state index contributed by atoms with van der Waals surface area (Å²) in [5, 5.41) is 12.7. The Kier molecular flexibility index (Phi) is 3.09. The largest absolute Gasteiger partial charge is 0.481 e. The van der Waals surface area contributed by atoms with Gasteiger partial charge in [-0.3, -0.25) is 4.79 Å². The van der Waals surface area contributed by atoms with E-state index in [1.54, 1.807) is 0 Å². The molecule has 0 saturated heterocycles. The third kappa shape index (κ3) is 2.16. The van der Waals surface area contributed by atoms with E-state index in [0.717, 1.165) is 30.7 Å². The number of carboxylic acid groups (broad SMARTS) is 1. The summed E-state index contributed by atoms with van der Waals surface area (Å²) in [5.74, 6) is 1.44. The molecule has 104 valence electrons. The molecule has 2 N–H and O–H groups in total. The Bertz CT molecular complexity index is 477. The average Bonchev–Trinajstić information content (AvgIpc) is 3.02. The summed E-state index contributed by atoms with van der Waals surface area (Å²) in [6, 6.07) is 0.0729. The maximum absolute atomic E-state index is 11.4. The Hall–Kier alpha value is -1.36. The number of aryl methyl sites for hydroxylation is 2. The summed E-state index contributed by atoms with van der Waals surface area (Å²) in [6.45, 7) is 4.33. The molecule has 5 nitrogen and oxygen atoms in total. The molecule has 4 atom stereocenters. The number of oxazole rings is 1. The Morgan fingerprint density at radius 1 is 1.42 bits per heavy atom. The molecule has 2 bridgehead atoms. The van der Waals surface area contributed by atoms with E-state index < -0.39 is 5.97 Å². The molecular weight excluding hydrogens is 244 g/mol. The Morgan fingerprint density at radius 3 is 2.79 bits per heavy atom. The molecule has 1 aromatic heterocycles. The van der Waals surface area contributed by atoms with Gasteiger partial charge in [0.2, 0.25) is 5.89 Å². The number of rotatable bonds is 4. The van der Waals surface area contributed by atoms with Crippen LogP contribution in [0.25, 0.3) is 0 Å². The summed E-state index contributed by atoms with van der Waals surface area (Å²) in [7, 11) is 0. The highest BCUT2D eigenvalue weighted by Gasteiger charge is 2.50. The SMILES string of the molecule is Cc1nc(CNC2C3CCC(C3)C2C(=O)O)oc1C. The number of aromatic nitrogens is 1. The van der Waals surface area contributed by atoms with Crippen molar-refractivity contribution in [3.63, 3.8) is 0 Å². The van der Waals surface area contributed by atoms with Crippen molar-refractivity contribution < 1.29 is 14.3 Å².